The lowest BCUT2D eigenvalue weighted by Gasteiger charge is -2.29. The van der Waals surface area contributed by atoms with E-state index >= 15 is 0 Å². The van der Waals surface area contributed by atoms with Crippen molar-refractivity contribution in [3.8, 4) is 5.75 Å². The van der Waals surface area contributed by atoms with Crippen LogP contribution in [-0.2, 0) is 12.8 Å². The van der Waals surface area contributed by atoms with Crippen LogP contribution in [-0.4, -0.2) is 18.7 Å². The van der Waals surface area contributed by atoms with Crippen molar-refractivity contribution in [1.82, 2.24) is 0 Å². The zero-order valence-electron chi connectivity index (χ0n) is 9.58. The van der Waals surface area contributed by atoms with Crippen molar-refractivity contribution in [2.45, 2.75) is 32.6 Å². The van der Waals surface area contributed by atoms with Crippen LogP contribution >= 0.6 is 0 Å². The molecule has 1 aromatic carbocycles. The topological polar surface area (TPSA) is 23.5 Å². The number of nitrogens with zero attached hydrogens (tertiary/aromatic N) is 1. The third-order valence-corrected chi connectivity index (χ3v) is 3.16. The molecule has 2 nitrogen and oxygen atoms in total. The van der Waals surface area contributed by atoms with Crippen LogP contribution in [0, 0.1) is 0 Å². The molecule has 0 atom stereocenters. The zero-order chi connectivity index (χ0) is 10.8. The molecule has 1 aliphatic heterocycles. The van der Waals surface area contributed by atoms with Gasteiger partial charge in [-0.3, -0.25) is 0 Å². The van der Waals surface area contributed by atoms with E-state index in [1.807, 2.05) is 0 Å². The Kier molecular flexibility index (Phi) is 2.85. The van der Waals surface area contributed by atoms with Gasteiger partial charge in [-0.2, -0.15) is 0 Å². The Morgan fingerprint density at radius 2 is 2.20 bits per heavy atom. The van der Waals surface area contributed by atoms with Gasteiger partial charge in [0.25, 0.3) is 0 Å². The number of fused-ring (bicyclic) bond motifs is 1. The van der Waals surface area contributed by atoms with E-state index in [4.69, 9.17) is 0 Å². The first-order valence-corrected chi connectivity index (χ1v) is 5.79. The minimum Gasteiger partial charge on any atom is -0.505 e. The number of anilines is 1. The summed E-state index contributed by atoms with van der Waals surface area (Å²) in [6, 6.07) is 4.26. The largest absolute Gasteiger partial charge is 0.505 e. The average Bonchev–Trinajstić information content (AvgIpc) is 2.22. The van der Waals surface area contributed by atoms with E-state index in [-0.39, 0.29) is 0 Å². The highest BCUT2D eigenvalue weighted by atomic mass is 16.3. The number of benzene rings is 1. The van der Waals surface area contributed by atoms with Gasteiger partial charge in [0.15, 0.2) is 0 Å². The van der Waals surface area contributed by atoms with Crippen molar-refractivity contribution in [3.05, 3.63) is 23.3 Å². The SMILES string of the molecule is CCCc1ccc2c(c1O)N(C)CCC2. The van der Waals surface area contributed by atoms with Crippen molar-refractivity contribution in [1.29, 1.82) is 0 Å². The Labute approximate surface area is 91.5 Å². The predicted octanol–water partition coefficient (Wildman–Crippen LogP) is 2.73. The van der Waals surface area contributed by atoms with E-state index in [2.05, 4.69) is 31.0 Å². The number of phenolic OH excluding ortho intramolecular Hbond substituents is 1. The van der Waals surface area contributed by atoms with Crippen LogP contribution < -0.4 is 4.90 Å². The molecule has 82 valence electrons. The zero-order valence-corrected chi connectivity index (χ0v) is 9.58. The fourth-order valence-corrected chi connectivity index (χ4v) is 2.38. The fraction of sp³-hybridized carbons (Fsp3) is 0.538. The van der Waals surface area contributed by atoms with E-state index < -0.39 is 0 Å². The van der Waals surface area contributed by atoms with Crippen LogP contribution in [0.5, 0.6) is 5.75 Å². The summed E-state index contributed by atoms with van der Waals surface area (Å²) in [7, 11) is 2.06. The molecule has 1 heterocycles. The van der Waals surface area contributed by atoms with Crippen molar-refractivity contribution in [2.24, 2.45) is 0 Å². The normalized spacial score (nSPS) is 15.2. The van der Waals surface area contributed by atoms with Gasteiger partial charge in [0.1, 0.15) is 5.75 Å². The van der Waals surface area contributed by atoms with E-state index in [0.29, 0.717) is 5.75 Å². The van der Waals surface area contributed by atoms with Crippen LogP contribution in [0.1, 0.15) is 30.9 Å². The number of aromatic hydroxyl groups is 1. The van der Waals surface area contributed by atoms with E-state index in [0.717, 1.165) is 37.1 Å². The average molecular weight is 205 g/mol. The summed E-state index contributed by atoms with van der Waals surface area (Å²) in [6.45, 7) is 3.19. The molecule has 0 saturated heterocycles. The summed E-state index contributed by atoms with van der Waals surface area (Å²) in [5, 5.41) is 10.2. The molecule has 0 unspecified atom stereocenters. The van der Waals surface area contributed by atoms with Gasteiger partial charge in [-0.15, -0.1) is 0 Å². The lowest BCUT2D eigenvalue weighted by Crippen LogP contribution is -2.24. The molecule has 0 bridgehead atoms. The molecular formula is C13H19NO. The standard InChI is InChI=1S/C13H19NO/c1-3-5-11-8-7-10-6-4-9-14(2)12(10)13(11)15/h7-8,15H,3-6,9H2,1-2H3. The highest BCUT2D eigenvalue weighted by molar-refractivity contribution is 5.67. The third-order valence-electron chi connectivity index (χ3n) is 3.16. The second kappa shape index (κ2) is 4.13. The highest BCUT2D eigenvalue weighted by Gasteiger charge is 2.19. The number of hydrogen-bond donors (Lipinski definition) is 1. The summed E-state index contributed by atoms with van der Waals surface area (Å²) in [6.07, 6.45) is 4.33. The Morgan fingerprint density at radius 3 is 2.93 bits per heavy atom. The molecule has 0 amide bonds. The molecule has 0 radical (unpaired) electrons. The molecule has 2 rings (SSSR count). The summed E-state index contributed by atoms with van der Waals surface area (Å²) < 4.78 is 0. The molecule has 1 N–H and O–H groups in total. The smallest absolute Gasteiger partial charge is 0.142 e. The Bertz CT molecular complexity index is 360. The van der Waals surface area contributed by atoms with E-state index in [9.17, 15) is 5.11 Å². The predicted molar refractivity (Wildman–Crippen MR) is 63.7 cm³/mol. The van der Waals surface area contributed by atoms with Gasteiger partial charge in [-0.05, 0) is 30.4 Å². The molecule has 0 aromatic heterocycles. The molecule has 1 aromatic rings. The van der Waals surface area contributed by atoms with Crippen molar-refractivity contribution >= 4 is 5.69 Å². The summed E-state index contributed by atoms with van der Waals surface area (Å²) in [5.41, 5.74) is 3.44. The van der Waals surface area contributed by atoms with Crippen LogP contribution in [0.15, 0.2) is 12.1 Å². The number of aryl methyl sites for hydroxylation is 2. The quantitative estimate of drug-likeness (QED) is 0.802. The van der Waals surface area contributed by atoms with E-state index in [1.165, 1.54) is 12.0 Å². The minimum absolute atomic E-state index is 0.511. The third kappa shape index (κ3) is 1.81. The van der Waals surface area contributed by atoms with Gasteiger partial charge in [0, 0.05) is 13.6 Å². The van der Waals surface area contributed by atoms with Crippen LogP contribution in [0.25, 0.3) is 0 Å². The van der Waals surface area contributed by atoms with Crippen LogP contribution in [0.3, 0.4) is 0 Å². The molecule has 0 fully saturated rings. The lowest BCUT2D eigenvalue weighted by atomic mass is 9.97. The first kappa shape index (κ1) is 10.3. The Balaban J connectivity index is 2.44. The summed E-state index contributed by atoms with van der Waals surface area (Å²) in [5.74, 6) is 0.511. The number of hydrogen-bond acceptors (Lipinski definition) is 2. The molecule has 1 aliphatic rings. The van der Waals surface area contributed by atoms with Crippen LogP contribution in [0.4, 0.5) is 5.69 Å². The lowest BCUT2D eigenvalue weighted by molar-refractivity contribution is 0.464. The highest BCUT2D eigenvalue weighted by Crippen LogP contribution is 2.37. The summed E-state index contributed by atoms with van der Waals surface area (Å²) >= 11 is 0. The van der Waals surface area contributed by atoms with Crippen molar-refractivity contribution in [3.63, 3.8) is 0 Å². The van der Waals surface area contributed by atoms with Gasteiger partial charge in [0.05, 0.1) is 5.69 Å². The maximum atomic E-state index is 10.2. The second-order valence-corrected chi connectivity index (χ2v) is 4.36. The molecule has 0 aliphatic carbocycles. The summed E-state index contributed by atoms with van der Waals surface area (Å²) in [4.78, 5) is 2.17. The van der Waals surface area contributed by atoms with Gasteiger partial charge in [-0.25, -0.2) is 0 Å². The molecule has 0 saturated carbocycles. The van der Waals surface area contributed by atoms with Crippen molar-refractivity contribution in [2.75, 3.05) is 18.5 Å². The van der Waals surface area contributed by atoms with Gasteiger partial charge in [-0.1, -0.05) is 25.5 Å². The van der Waals surface area contributed by atoms with Crippen LogP contribution in [0.2, 0.25) is 0 Å². The maximum absolute atomic E-state index is 10.2. The van der Waals surface area contributed by atoms with Gasteiger partial charge >= 0.3 is 0 Å². The molecule has 0 spiro atoms. The van der Waals surface area contributed by atoms with Gasteiger partial charge in [0.2, 0.25) is 0 Å². The Morgan fingerprint density at radius 1 is 1.40 bits per heavy atom. The van der Waals surface area contributed by atoms with Gasteiger partial charge < -0.3 is 10.0 Å². The number of phenols is 1. The molecular weight excluding hydrogens is 186 g/mol. The van der Waals surface area contributed by atoms with Crippen molar-refractivity contribution < 1.29 is 5.11 Å². The minimum atomic E-state index is 0.511. The first-order valence-electron chi connectivity index (χ1n) is 5.79. The molecule has 2 heteroatoms. The maximum Gasteiger partial charge on any atom is 0.142 e. The van der Waals surface area contributed by atoms with E-state index in [1.54, 1.807) is 0 Å². The number of rotatable bonds is 2. The Hall–Kier alpha value is -1.18. The second-order valence-electron chi connectivity index (χ2n) is 4.36. The monoisotopic (exact) mass is 205 g/mol. The first-order chi connectivity index (χ1) is 7.24. The fourth-order valence-electron chi connectivity index (χ4n) is 2.38. The molecule has 15 heavy (non-hydrogen) atoms.